The van der Waals surface area contributed by atoms with Gasteiger partial charge >= 0.3 is 6.03 Å². The molecule has 1 saturated carbocycles. The van der Waals surface area contributed by atoms with E-state index in [1.807, 2.05) is 56.3 Å². The fourth-order valence-corrected chi connectivity index (χ4v) is 4.45. The normalized spacial score (nSPS) is 18.1. The van der Waals surface area contributed by atoms with Crippen molar-refractivity contribution in [3.63, 3.8) is 0 Å². The van der Waals surface area contributed by atoms with Crippen LogP contribution in [0.1, 0.15) is 36.8 Å². The Morgan fingerprint density at radius 1 is 1.00 bits per heavy atom. The first-order valence-corrected chi connectivity index (χ1v) is 11.7. The molecular weight excluding hydrogens is 412 g/mol. The van der Waals surface area contributed by atoms with Crippen molar-refractivity contribution in [2.75, 3.05) is 36.2 Å². The number of hydrogen-bond acceptors (Lipinski definition) is 5. The van der Waals surface area contributed by atoms with Crippen molar-refractivity contribution in [2.24, 2.45) is 5.92 Å². The van der Waals surface area contributed by atoms with Gasteiger partial charge in [0.05, 0.1) is 5.52 Å². The van der Waals surface area contributed by atoms with Gasteiger partial charge in [-0.15, -0.1) is 0 Å². The molecule has 0 spiro atoms. The van der Waals surface area contributed by atoms with E-state index in [2.05, 4.69) is 35.0 Å². The highest BCUT2D eigenvalue weighted by Crippen LogP contribution is 2.28. The first-order valence-electron chi connectivity index (χ1n) is 11.7. The van der Waals surface area contributed by atoms with Crippen LogP contribution in [0.4, 0.5) is 22.2 Å². The van der Waals surface area contributed by atoms with Gasteiger partial charge in [-0.05, 0) is 74.8 Å². The van der Waals surface area contributed by atoms with Gasteiger partial charge < -0.3 is 20.9 Å². The maximum absolute atomic E-state index is 12.4. The predicted octanol–water partition coefficient (Wildman–Crippen LogP) is 5.11. The number of hydrogen-bond donors (Lipinski definition) is 3. The third-order valence-electron chi connectivity index (χ3n) is 6.59. The van der Waals surface area contributed by atoms with E-state index in [1.54, 1.807) is 0 Å². The van der Waals surface area contributed by atoms with Gasteiger partial charge in [-0.3, -0.25) is 0 Å². The zero-order valence-corrected chi connectivity index (χ0v) is 20.0. The van der Waals surface area contributed by atoms with Crippen molar-refractivity contribution in [3.8, 4) is 0 Å². The number of fused-ring (bicyclic) bond motifs is 1. The fourth-order valence-electron chi connectivity index (χ4n) is 4.45. The number of aryl methyl sites for hydroxylation is 1. The average Bonchev–Trinajstić information content (AvgIpc) is 2.81. The number of rotatable bonds is 6. The Morgan fingerprint density at radius 2 is 1.76 bits per heavy atom. The van der Waals surface area contributed by atoms with Gasteiger partial charge in [0.15, 0.2) is 0 Å². The Hall–Kier alpha value is -3.35. The second-order valence-electron chi connectivity index (χ2n) is 9.23. The molecule has 7 heteroatoms. The number of anilines is 3. The quantitative estimate of drug-likeness (QED) is 0.490. The van der Waals surface area contributed by atoms with E-state index in [4.69, 9.17) is 9.97 Å². The number of para-hydroxylation sites is 1. The molecule has 0 aliphatic heterocycles. The van der Waals surface area contributed by atoms with Crippen molar-refractivity contribution in [1.82, 2.24) is 15.3 Å². The summed E-state index contributed by atoms with van der Waals surface area (Å²) in [5, 5.41) is 10.6. The number of carbonyl (C=O) groups is 1. The summed E-state index contributed by atoms with van der Waals surface area (Å²) in [4.78, 5) is 23.9. The van der Waals surface area contributed by atoms with Crippen molar-refractivity contribution >= 4 is 34.4 Å². The average molecular weight is 447 g/mol. The molecule has 33 heavy (non-hydrogen) atoms. The molecule has 3 aromatic rings. The first kappa shape index (κ1) is 22.8. The number of nitrogens with zero attached hydrogens (tertiary/aromatic N) is 3. The minimum Gasteiger partial charge on any atom is -0.362 e. The molecule has 0 bridgehead atoms. The number of nitrogens with one attached hydrogen (secondary N) is 3. The number of carbonyl (C=O) groups excluding carboxylic acids is 1. The Balaban J connectivity index is 1.28. The summed E-state index contributed by atoms with van der Waals surface area (Å²) in [5.41, 5.74) is 4.10. The summed E-state index contributed by atoms with van der Waals surface area (Å²) in [7, 11) is 4.01. The van der Waals surface area contributed by atoms with Crippen LogP contribution in [0.25, 0.3) is 10.9 Å². The zero-order valence-electron chi connectivity index (χ0n) is 20.0. The summed E-state index contributed by atoms with van der Waals surface area (Å²) >= 11 is 0. The van der Waals surface area contributed by atoms with Gasteiger partial charge in [0.25, 0.3) is 0 Å². The van der Waals surface area contributed by atoms with Crippen LogP contribution in [0, 0.1) is 19.8 Å². The number of urea groups is 1. The molecule has 2 amide bonds. The van der Waals surface area contributed by atoms with Gasteiger partial charge in [0.1, 0.15) is 5.82 Å². The van der Waals surface area contributed by atoms with Crippen molar-refractivity contribution in [2.45, 2.75) is 45.6 Å². The standard InChI is InChI=1S/C26H34N6O/c1-17-8-7-11-22(18(17)2)30-26(33)27-16-19-12-14-20(15-13-19)28-25-29-23-10-6-5-9-21(23)24(31-25)32(3)4/h5-11,19-20H,12-16H2,1-4H3,(H2,27,30,33)(H,28,29,31)/t19-,20+. The third kappa shape index (κ3) is 5.53. The molecule has 0 saturated heterocycles. The first-order chi connectivity index (χ1) is 15.9. The molecule has 2 aromatic carbocycles. The lowest BCUT2D eigenvalue weighted by Gasteiger charge is -2.29. The van der Waals surface area contributed by atoms with Gasteiger partial charge in [-0.1, -0.05) is 24.3 Å². The van der Waals surface area contributed by atoms with Crippen LogP contribution < -0.4 is 20.9 Å². The van der Waals surface area contributed by atoms with E-state index >= 15 is 0 Å². The maximum Gasteiger partial charge on any atom is 0.319 e. The largest absolute Gasteiger partial charge is 0.362 e. The number of aromatic nitrogens is 2. The maximum atomic E-state index is 12.4. The lowest BCUT2D eigenvalue weighted by atomic mass is 9.86. The Kier molecular flexibility index (Phi) is 6.96. The molecule has 7 nitrogen and oxygen atoms in total. The van der Waals surface area contributed by atoms with Crippen molar-refractivity contribution < 1.29 is 4.79 Å². The smallest absolute Gasteiger partial charge is 0.319 e. The fraction of sp³-hybridized carbons (Fsp3) is 0.423. The molecule has 0 atom stereocenters. The third-order valence-corrected chi connectivity index (χ3v) is 6.59. The Bertz CT molecular complexity index is 1120. The van der Waals surface area contributed by atoms with E-state index in [0.717, 1.165) is 53.7 Å². The van der Waals surface area contributed by atoms with Crippen LogP contribution in [-0.2, 0) is 0 Å². The van der Waals surface area contributed by atoms with Crippen molar-refractivity contribution in [3.05, 3.63) is 53.6 Å². The van der Waals surface area contributed by atoms with Gasteiger partial charge in [0, 0.05) is 37.8 Å². The van der Waals surface area contributed by atoms with E-state index in [0.29, 0.717) is 24.5 Å². The molecule has 3 N–H and O–H groups in total. The van der Waals surface area contributed by atoms with Gasteiger partial charge in [-0.25, -0.2) is 9.78 Å². The second kappa shape index (κ2) is 10.1. The molecule has 1 fully saturated rings. The lowest BCUT2D eigenvalue weighted by Crippen LogP contribution is -2.36. The second-order valence-corrected chi connectivity index (χ2v) is 9.23. The molecule has 1 heterocycles. The van der Waals surface area contributed by atoms with Crippen LogP contribution in [0.3, 0.4) is 0 Å². The zero-order chi connectivity index (χ0) is 23.4. The molecule has 1 aliphatic rings. The Labute approximate surface area is 196 Å². The summed E-state index contributed by atoms with van der Waals surface area (Å²) in [5.74, 6) is 2.10. The van der Waals surface area contributed by atoms with E-state index in [9.17, 15) is 4.79 Å². The summed E-state index contributed by atoms with van der Waals surface area (Å²) in [6.45, 7) is 4.77. The lowest BCUT2D eigenvalue weighted by molar-refractivity contribution is 0.246. The topological polar surface area (TPSA) is 82.2 Å². The van der Waals surface area contributed by atoms with Crippen LogP contribution >= 0.6 is 0 Å². The number of amides is 2. The monoisotopic (exact) mass is 446 g/mol. The molecular formula is C26H34N6O. The molecule has 1 aliphatic carbocycles. The summed E-state index contributed by atoms with van der Waals surface area (Å²) < 4.78 is 0. The minimum absolute atomic E-state index is 0.135. The molecule has 174 valence electrons. The predicted molar refractivity (Wildman–Crippen MR) is 136 cm³/mol. The van der Waals surface area contributed by atoms with E-state index in [-0.39, 0.29) is 6.03 Å². The van der Waals surface area contributed by atoms with Crippen LogP contribution in [0.5, 0.6) is 0 Å². The van der Waals surface area contributed by atoms with E-state index < -0.39 is 0 Å². The van der Waals surface area contributed by atoms with E-state index in [1.165, 1.54) is 5.56 Å². The SMILES string of the molecule is Cc1cccc(NC(=O)NC[C@H]2CC[C@@H](Nc3nc(N(C)C)c4ccccc4n3)CC2)c1C. The van der Waals surface area contributed by atoms with Crippen molar-refractivity contribution in [1.29, 1.82) is 0 Å². The molecule has 1 aromatic heterocycles. The number of benzene rings is 2. The van der Waals surface area contributed by atoms with Crippen LogP contribution in [-0.4, -0.2) is 42.7 Å². The summed E-state index contributed by atoms with van der Waals surface area (Å²) in [6.07, 6.45) is 4.21. The minimum atomic E-state index is -0.135. The molecule has 4 rings (SSSR count). The summed E-state index contributed by atoms with van der Waals surface area (Å²) in [6, 6.07) is 14.3. The molecule has 0 unspecified atom stereocenters. The highest BCUT2D eigenvalue weighted by Gasteiger charge is 2.23. The Morgan fingerprint density at radius 3 is 2.52 bits per heavy atom. The van der Waals surface area contributed by atoms with Gasteiger partial charge in [-0.2, -0.15) is 4.98 Å². The highest BCUT2D eigenvalue weighted by molar-refractivity contribution is 5.91. The van der Waals surface area contributed by atoms with Crippen LogP contribution in [0.2, 0.25) is 0 Å². The highest BCUT2D eigenvalue weighted by atomic mass is 16.2. The van der Waals surface area contributed by atoms with Crippen LogP contribution in [0.15, 0.2) is 42.5 Å². The van der Waals surface area contributed by atoms with Gasteiger partial charge in [0.2, 0.25) is 5.95 Å². The molecule has 0 radical (unpaired) electrons.